The molecule has 1 aliphatic carbocycles. The number of carbonyl (C=O) groups excluding carboxylic acids is 1. The predicted molar refractivity (Wildman–Crippen MR) is 90.3 cm³/mol. The fourth-order valence-electron chi connectivity index (χ4n) is 3.83. The quantitative estimate of drug-likeness (QED) is 0.819. The van der Waals surface area contributed by atoms with Crippen LogP contribution in [0, 0.1) is 5.41 Å². The molecule has 1 spiro atoms. The summed E-state index contributed by atoms with van der Waals surface area (Å²) in [4.78, 5) is 15.6. The van der Waals surface area contributed by atoms with Crippen LogP contribution in [0.2, 0.25) is 0 Å². The molecule has 1 aliphatic heterocycles. The topological polar surface area (TPSA) is 52.6 Å². The molecule has 2 fully saturated rings. The number of amides is 2. The van der Waals surface area contributed by atoms with E-state index in [0.29, 0.717) is 6.54 Å². The molecule has 1 heterocycles. The maximum Gasteiger partial charge on any atom is 0.321 e. The van der Waals surface area contributed by atoms with Crippen molar-refractivity contribution in [3.05, 3.63) is 24.3 Å². The Labute approximate surface area is 136 Å². The molecular weight excluding hydrogens is 296 g/mol. The van der Waals surface area contributed by atoms with Gasteiger partial charge in [0.2, 0.25) is 0 Å². The fraction of sp³-hybridized carbons (Fsp3) is 0.588. The molecular formula is C17H24N2O2S. The summed E-state index contributed by atoms with van der Waals surface area (Å²) >= 11 is 1.66. The molecule has 2 amide bonds. The van der Waals surface area contributed by atoms with Gasteiger partial charge in [-0.05, 0) is 50.1 Å². The third-order valence-electron chi connectivity index (χ3n) is 5.08. The van der Waals surface area contributed by atoms with E-state index < -0.39 is 0 Å². The van der Waals surface area contributed by atoms with Gasteiger partial charge in [0.25, 0.3) is 0 Å². The number of carbonyl (C=O) groups is 1. The molecule has 1 saturated heterocycles. The van der Waals surface area contributed by atoms with Crippen molar-refractivity contribution in [3.63, 3.8) is 0 Å². The van der Waals surface area contributed by atoms with Crippen LogP contribution in [0.15, 0.2) is 29.2 Å². The van der Waals surface area contributed by atoms with Gasteiger partial charge in [0, 0.05) is 29.1 Å². The van der Waals surface area contributed by atoms with Gasteiger partial charge >= 0.3 is 6.03 Å². The Balaban J connectivity index is 1.66. The van der Waals surface area contributed by atoms with Gasteiger partial charge < -0.3 is 15.3 Å². The molecule has 0 unspecified atom stereocenters. The molecule has 2 atom stereocenters. The number of aliphatic hydroxyl groups excluding tert-OH is 1. The highest BCUT2D eigenvalue weighted by Crippen LogP contribution is 2.45. The molecule has 5 heteroatoms. The number of thioether (sulfide) groups is 1. The second-order valence-corrected chi connectivity index (χ2v) is 7.34. The maximum absolute atomic E-state index is 12.5. The highest BCUT2D eigenvalue weighted by atomic mass is 32.2. The van der Waals surface area contributed by atoms with Gasteiger partial charge in [0.15, 0.2) is 0 Å². The van der Waals surface area contributed by atoms with Crippen molar-refractivity contribution in [2.75, 3.05) is 24.7 Å². The van der Waals surface area contributed by atoms with Crippen LogP contribution in [0.5, 0.6) is 0 Å². The fourth-order valence-corrected chi connectivity index (χ4v) is 4.29. The summed E-state index contributed by atoms with van der Waals surface area (Å²) in [6, 6.07) is 7.86. The van der Waals surface area contributed by atoms with E-state index in [1.54, 1.807) is 11.8 Å². The minimum Gasteiger partial charge on any atom is -0.392 e. The van der Waals surface area contributed by atoms with E-state index in [-0.39, 0.29) is 17.6 Å². The van der Waals surface area contributed by atoms with Gasteiger partial charge in [-0.1, -0.05) is 12.5 Å². The summed E-state index contributed by atoms with van der Waals surface area (Å²) in [7, 11) is 0. The zero-order valence-electron chi connectivity index (χ0n) is 13.0. The first-order chi connectivity index (χ1) is 10.6. The normalized spacial score (nSPS) is 28.1. The molecule has 2 aliphatic rings. The smallest absolute Gasteiger partial charge is 0.321 e. The van der Waals surface area contributed by atoms with Gasteiger partial charge in [-0.2, -0.15) is 0 Å². The average molecular weight is 320 g/mol. The molecule has 3 rings (SSSR count). The third kappa shape index (κ3) is 3.10. The highest BCUT2D eigenvalue weighted by molar-refractivity contribution is 7.98. The van der Waals surface area contributed by atoms with E-state index in [0.717, 1.165) is 49.2 Å². The van der Waals surface area contributed by atoms with E-state index in [2.05, 4.69) is 5.32 Å². The number of nitrogens with zero attached hydrogens (tertiary/aromatic N) is 1. The standard InChI is InChI=1S/C17H24N2O2S/c1-22-14-6-2-5-13(11-14)18-16(21)19-10-4-9-17(12-19)8-3-7-15(17)20/h2,5-6,11,15,20H,3-4,7-10,12H2,1H3,(H,18,21)/t15-,17-/m1/s1. The molecule has 120 valence electrons. The first-order valence-electron chi connectivity index (χ1n) is 8.01. The second kappa shape index (κ2) is 6.50. The summed E-state index contributed by atoms with van der Waals surface area (Å²) in [5, 5.41) is 13.3. The van der Waals surface area contributed by atoms with Crippen LogP contribution < -0.4 is 5.32 Å². The number of likely N-dealkylation sites (tertiary alicyclic amines) is 1. The summed E-state index contributed by atoms with van der Waals surface area (Å²) in [5.41, 5.74) is 0.778. The summed E-state index contributed by atoms with van der Waals surface area (Å²) in [6.07, 6.45) is 6.80. The number of piperidine rings is 1. The molecule has 1 saturated carbocycles. The zero-order valence-corrected chi connectivity index (χ0v) is 13.9. The number of aliphatic hydroxyl groups is 1. The van der Waals surface area contributed by atoms with Gasteiger partial charge in [-0.25, -0.2) is 4.79 Å². The lowest BCUT2D eigenvalue weighted by Crippen LogP contribution is -2.50. The van der Waals surface area contributed by atoms with Crippen LogP contribution in [-0.4, -0.2) is 41.5 Å². The lowest BCUT2D eigenvalue weighted by Gasteiger charge is -2.42. The molecule has 4 nitrogen and oxygen atoms in total. The molecule has 1 aromatic rings. The van der Waals surface area contributed by atoms with E-state index >= 15 is 0 Å². The van der Waals surface area contributed by atoms with Crippen molar-refractivity contribution in [1.29, 1.82) is 0 Å². The summed E-state index contributed by atoms with van der Waals surface area (Å²) in [6.45, 7) is 1.46. The number of urea groups is 1. The second-order valence-electron chi connectivity index (χ2n) is 6.46. The Bertz CT molecular complexity index is 551. The first-order valence-corrected chi connectivity index (χ1v) is 9.23. The first kappa shape index (κ1) is 15.7. The van der Waals surface area contributed by atoms with Gasteiger partial charge in [-0.15, -0.1) is 11.8 Å². The van der Waals surface area contributed by atoms with E-state index in [9.17, 15) is 9.90 Å². The Morgan fingerprint density at radius 2 is 2.23 bits per heavy atom. The van der Waals surface area contributed by atoms with Crippen molar-refractivity contribution in [3.8, 4) is 0 Å². The molecule has 1 aromatic carbocycles. The maximum atomic E-state index is 12.5. The van der Waals surface area contributed by atoms with Gasteiger partial charge in [0.1, 0.15) is 0 Å². The SMILES string of the molecule is CSc1cccc(NC(=O)N2CCC[C@]3(CCC[C@H]3O)C2)c1. The van der Waals surface area contributed by atoms with Crippen molar-refractivity contribution < 1.29 is 9.90 Å². The largest absolute Gasteiger partial charge is 0.392 e. The molecule has 2 N–H and O–H groups in total. The minimum atomic E-state index is -0.247. The summed E-state index contributed by atoms with van der Waals surface area (Å²) in [5.74, 6) is 0. The van der Waals surface area contributed by atoms with Crippen LogP contribution in [0.25, 0.3) is 0 Å². The lowest BCUT2D eigenvalue weighted by atomic mass is 9.77. The predicted octanol–water partition coefficient (Wildman–Crippen LogP) is 3.57. The lowest BCUT2D eigenvalue weighted by molar-refractivity contribution is 0.00400. The zero-order chi connectivity index (χ0) is 15.6. The number of hydrogen-bond acceptors (Lipinski definition) is 3. The van der Waals surface area contributed by atoms with Crippen LogP contribution in [0.1, 0.15) is 32.1 Å². The number of nitrogens with one attached hydrogen (secondary N) is 1. The van der Waals surface area contributed by atoms with E-state index in [1.165, 1.54) is 0 Å². The Morgan fingerprint density at radius 3 is 2.95 bits per heavy atom. The molecule has 0 radical (unpaired) electrons. The van der Waals surface area contributed by atoms with Crippen molar-refractivity contribution in [2.24, 2.45) is 5.41 Å². The van der Waals surface area contributed by atoms with Crippen molar-refractivity contribution >= 4 is 23.5 Å². The summed E-state index contributed by atoms with van der Waals surface area (Å²) < 4.78 is 0. The highest BCUT2D eigenvalue weighted by Gasteiger charge is 2.45. The average Bonchev–Trinajstić information content (AvgIpc) is 2.88. The van der Waals surface area contributed by atoms with Crippen molar-refractivity contribution in [2.45, 2.75) is 43.1 Å². The van der Waals surface area contributed by atoms with E-state index in [4.69, 9.17) is 0 Å². The number of hydrogen-bond donors (Lipinski definition) is 2. The van der Waals surface area contributed by atoms with Gasteiger partial charge in [0.05, 0.1) is 6.10 Å². The molecule has 0 aromatic heterocycles. The molecule has 0 bridgehead atoms. The molecule has 22 heavy (non-hydrogen) atoms. The Morgan fingerprint density at radius 1 is 1.41 bits per heavy atom. The van der Waals surface area contributed by atoms with Crippen molar-refractivity contribution in [1.82, 2.24) is 4.90 Å². The number of benzene rings is 1. The third-order valence-corrected chi connectivity index (χ3v) is 5.80. The van der Waals surface area contributed by atoms with Crippen LogP contribution >= 0.6 is 11.8 Å². The van der Waals surface area contributed by atoms with Gasteiger partial charge in [-0.3, -0.25) is 0 Å². The van der Waals surface area contributed by atoms with Crippen LogP contribution in [0.3, 0.4) is 0 Å². The minimum absolute atomic E-state index is 0.0450. The van der Waals surface area contributed by atoms with Crippen LogP contribution in [0.4, 0.5) is 10.5 Å². The Hall–Kier alpha value is -1.20. The van der Waals surface area contributed by atoms with Crippen LogP contribution in [-0.2, 0) is 0 Å². The Kier molecular flexibility index (Phi) is 4.64. The monoisotopic (exact) mass is 320 g/mol. The number of rotatable bonds is 2. The van der Waals surface area contributed by atoms with E-state index in [1.807, 2.05) is 35.4 Å². The number of anilines is 1.